The Hall–Kier alpha value is -1.79. The van der Waals surface area contributed by atoms with Crippen LogP contribution in [-0.4, -0.2) is 23.2 Å². The lowest BCUT2D eigenvalue weighted by Gasteiger charge is -2.13. The number of halogens is 1. The summed E-state index contributed by atoms with van der Waals surface area (Å²) in [4.78, 5) is 15.5. The van der Waals surface area contributed by atoms with Gasteiger partial charge in [0.15, 0.2) is 11.5 Å². The number of aryl methyl sites for hydroxylation is 1. The van der Waals surface area contributed by atoms with Crippen LogP contribution in [0.15, 0.2) is 17.5 Å². The molecule has 0 fully saturated rings. The number of benzene rings is 1. The van der Waals surface area contributed by atoms with Gasteiger partial charge in [-0.25, -0.2) is 9.78 Å². The van der Waals surface area contributed by atoms with E-state index in [1.807, 2.05) is 12.3 Å². The molecule has 0 unspecified atom stereocenters. The maximum absolute atomic E-state index is 11.2. The molecule has 2 rings (SSSR count). The zero-order valence-electron chi connectivity index (χ0n) is 10.8. The molecule has 0 atom stereocenters. The van der Waals surface area contributed by atoms with Gasteiger partial charge >= 0.3 is 5.97 Å². The topological polar surface area (TPSA) is 68.7 Å². The summed E-state index contributed by atoms with van der Waals surface area (Å²) in [5, 5.41) is 12.3. The minimum Gasteiger partial charge on any atom is -0.493 e. The molecule has 2 aromatic rings. The predicted molar refractivity (Wildman–Crippen MR) is 76.1 cm³/mol. The highest BCUT2D eigenvalue weighted by Gasteiger charge is 2.18. The van der Waals surface area contributed by atoms with Crippen LogP contribution < -0.4 is 9.47 Å². The molecule has 0 radical (unpaired) electrons. The van der Waals surface area contributed by atoms with Crippen molar-refractivity contribution in [1.82, 2.24) is 4.98 Å². The van der Waals surface area contributed by atoms with Gasteiger partial charge in [0.1, 0.15) is 12.2 Å². The Bertz CT molecular complexity index is 641. The van der Waals surface area contributed by atoms with Crippen LogP contribution in [0.4, 0.5) is 0 Å². The molecular formula is C13H12ClNO4S. The van der Waals surface area contributed by atoms with E-state index in [2.05, 4.69) is 4.98 Å². The van der Waals surface area contributed by atoms with Crippen molar-refractivity contribution < 1.29 is 19.4 Å². The molecule has 1 aromatic heterocycles. The van der Waals surface area contributed by atoms with Gasteiger partial charge in [0, 0.05) is 16.5 Å². The molecule has 1 heterocycles. The molecule has 0 spiro atoms. The molecule has 7 heteroatoms. The second-order valence-electron chi connectivity index (χ2n) is 3.94. The number of aromatic nitrogens is 1. The van der Waals surface area contributed by atoms with E-state index in [9.17, 15) is 9.90 Å². The molecule has 0 aliphatic heterocycles. The number of carboxylic acid groups (broad SMARTS) is 1. The summed E-state index contributed by atoms with van der Waals surface area (Å²) in [6.45, 7) is 2.06. The summed E-state index contributed by atoms with van der Waals surface area (Å²) in [6, 6.07) is 2.84. The third-order valence-corrected chi connectivity index (χ3v) is 3.54. The highest BCUT2D eigenvalue weighted by atomic mass is 35.5. The largest absolute Gasteiger partial charge is 0.493 e. The summed E-state index contributed by atoms with van der Waals surface area (Å²) in [7, 11) is 1.43. The smallest absolute Gasteiger partial charge is 0.339 e. The molecule has 1 aromatic carbocycles. The minimum atomic E-state index is -1.13. The van der Waals surface area contributed by atoms with Crippen molar-refractivity contribution in [2.24, 2.45) is 0 Å². The number of carboxylic acids is 1. The number of rotatable bonds is 5. The third-order valence-electron chi connectivity index (χ3n) is 2.50. The Balaban J connectivity index is 2.31. The Morgan fingerprint density at radius 1 is 1.50 bits per heavy atom. The second kappa shape index (κ2) is 6.11. The van der Waals surface area contributed by atoms with Crippen molar-refractivity contribution in [1.29, 1.82) is 0 Å². The van der Waals surface area contributed by atoms with Gasteiger partial charge < -0.3 is 14.6 Å². The van der Waals surface area contributed by atoms with E-state index in [1.165, 1.54) is 30.6 Å². The van der Waals surface area contributed by atoms with Gasteiger partial charge in [-0.1, -0.05) is 11.6 Å². The highest BCUT2D eigenvalue weighted by Crippen LogP contribution is 2.35. The fraction of sp³-hybridized carbons (Fsp3) is 0.231. The van der Waals surface area contributed by atoms with Crippen molar-refractivity contribution in [2.75, 3.05) is 7.11 Å². The van der Waals surface area contributed by atoms with Crippen LogP contribution >= 0.6 is 22.9 Å². The molecule has 1 N–H and O–H groups in total. The first-order valence-corrected chi connectivity index (χ1v) is 6.91. The van der Waals surface area contributed by atoms with E-state index in [-0.39, 0.29) is 28.7 Å². The first-order chi connectivity index (χ1) is 9.51. The molecule has 0 saturated heterocycles. The van der Waals surface area contributed by atoms with Crippen molar-refractivity contribution in [3.63, 3.8) is 0 Å². The SMILES string of the molecule is COc1cc(Cl)cc(C(=O)O)c1OCc1csc(C)n1. The van der Waals surface area contributed by atoms with Gasteiger partial charge in [0.05, 0.1) is 17.8 Å². The van der Waals surface area contributed by atoms with Crippen molar-refractivity contribution in [3.8, 4) is 11.5 Å². The molecule has 0 aliphatic carbocycles. The number of carbonyl (C=O) groups is 1. The Kier molecular flexibility index (Phi) is 4.46. The van der Waals surface area contributed by atoms with Crippen LogP contribution in [0.5, 0.6) is 11.5 Å². The normalized spacial score (nSPS) is 10.3. The quantitative estimate of drug-likeness (QED) is 0.916. The van der Waals surface area contributed by atoms with Crippen LogP contribution in [0.2, 0.25) is 5.02 Å². The standard InChI is InChI=1S/C13H12ClNO4S/c1-7-15-9(6-20-7)5-19-12-10(13(16)17)3-8(14)4-11(12)18-2/h3-4,6H,5H2,1-2H3,(H,16,17). The summed E-state index contributed by atoms with van der Waals surface area (Å²) in [5.74, 6) is -0.702. The third kappa shape index (κ3) is 3.20. The average molecular weight is 314 g/mol. The first-order valence-electron chi connectivity index (χ1n) is 5.66. The fourth-order valence-corrected chi connectivity index (χ4v) is 2.45. The van der Waals surface area contributed by atoms with Crippen LogP contribution in [-0.2, 0) is 6.61 Å². The highest BCUT2D eigenvalue weighted by molar-refractivity contribution is 7.09. The lowest BCUT2D eigenvalue weighted by atomic mass is 10.2. The number of hydrogen-bond donors (Lipinski definition) is 1. The molecule has 20 heavy (non-hydrogen) atoms. The van der Waals surface area contributed by atoms with Crippen LogP contribution in [0.3, 0.4) is 0 Å². The average Bonchev–Trinajstić information content (AvgIpc) is 2.81. The summed E-state index contributed by atoms with van der Waals surface area (Å²) >= 11 is 7.36. The number of methoxy groups -OCH3 is 1. The van der Waals surface area contributed by atoms with Crippen LogP contribution in [0.1, 0.15) is 21.1 Å². The van der Waals surface area contributed by atoms with Gasteiger partial charge in [-0.15, -0.1) is 11.3 Å². The maximum Gasteiger partial charge on any atom is 0.339 e. The Labute approximate surface area is 124 Å². The van der Waals surface area contributed by atoms with E-state index in [0.717, 1.165) is 10.7 Å². The summed E-state index contributed by atoms with van der Waals surface area (Å²) in [5.41, 5.74) is 0.696. The van der Waals surface area contributed by atoms with E-state index in [1.54, 1.807) is 0 Å². The minimum absolute atomic E-state index is 0.0405. The summed E-state index contributed by atoms with van der Waals surface area (Å²) in [6.07, 6.45) is 0. The molecular weight excluding hydrogens is 302 g/mol. The monoisotopic (exact) mass is 313 g/mol. The molecule has 0 amide bonds. The van der Waals surface area contributed by atoms with E-state index in [0.29, 0.717) is 0 Å². The number of thiazole rings is 1. The zero-order chi connectivity index (χ0) is 14.7. The lowest BCUT2D eigenvalue weighted by Crippen LogP contribution is -2.05. The van der Waals surface area contributed by atoms with Crippen LogP contribution in [0.25, 0.3) is 0 Å². The number of ether oxygens (including phenoxy) is 2. The molecule has 0 saturated carbocycles. The van der Waals surface area contributed by atoms with Gasteiger partial charge in [0.2, 0.25) is 0 Å². The van der Waals surface area contributed by atoms with Crippen molar-refractivity contribution in [2.45, 2.75) is 13.5 Å². The number of aromatic carboxylic acids is 1. The summed E-state index contributed by atoms with van der Waals surface area (Å²) < 4.78 is 10.7. The van der Waals surface area contributed by atoms with E-state index in [4.69, 9.17) is 21.1 Å². The zero-order valence-corrected chi connectivity index (χ0v) is 12.4. The number of hydrogen-bond acceptors (Lipinski definition) is 5. The molecule has 106 valence electrons. The molecule has 0 aliphatic rings. The lowest BCUT2D eigenvalue weighted by molar-refractivity contribution is 0.0690. The molecule has 0 bridgehead atoms. The van der Waals surface area contributed by atoms with Crippen LogP contribution in [0, 0.1) is 6.92 Å². The van der Waals surface area contributed by atoms with E-state index >= 15 is 0 Å². The maximum atomic E-state index is 11.2. The van der Waals surface area contributed by atoms with Gasteiger partial charge in [0.25, 0.3) is 0 Å². The fourth-order valence-electron chi connectivity index (χ4n) is 1.65. The van der Waals surface area contributed by atoms with Gasteiger partial charge in [-0.05, 0) is 13.0 Å². The second-order valence-corrected chi connectivity index (χ2v) is 5.44. The molecule has 5 nitrogen and oxygen atoms in total. The van der Waals surface area contributed by atoms with E-state index < -0.39 is 5.97 Å². The van der Waals surface area contributed by atoms with Gasteiger partial charge in [-0.2, -0.15) is 0 Å². The first kappa shape index (κ1) is 14.6. The Morgan fingerprint density at radius 3 is 2.80 bits per heavy atom. The Morgan fingerprint density at radius 2 is 2.25 bits per heavy atom. The van der Waals surface area contributed by atoms with Crippen molar-refractivity contribution in [3.05, 3.63) is 38.8 Å². The van der Waals surface area contributed by atoms with Gasteiger partial charge in [-0.3, -0.25) is 0 Å². The predicted octanol–water partition coefficient (Wildman–Crippen LogP) is 3.39. The van der Waals surface area contributed by atoms with Crippen molar-refractivity contribution >= 4 is 28.9 Å². The number of nitrogens with zero attached hydrogens (tertiary/aromatic N) is 1.